The van der Waals surface area contributed by atoms with Gasteiger partial charge < -0.3 is 10.1 Å². The Hall–Kier alpha value is -0.120. The standard InChI is InChI=1S/C17H30N2O/c1-2-14(1)11-19(16-5-6-16)13-17(7-9-20-10-8-17)12-18-15-3-4-15/h14-16,18H,1-13H2. The molecular formula is C17H30N2O. The van der Waals surface area contributed by atoms with Gasteiger partial charge in [-0.15, -0.1) is 0 Å². The number of ether oxygens (including phenoxy) is 1. The smallest absolute Gasteiger partial charge is 0.0472 e. The highest BCUT2D eigenvalue weighted by molar-refractivity contribution is 4.96. The summed E-state index contributed by atoms with van der Waals surface area (Å²) >= 11 is 0. The molecule has 3 aliphatic carbocycles. The van der Waals surface area contributed by atoms with Gasteiger partial charge >= 0.3 is 0 Å². The zero-order chi connectivity index (χ0) is 13.4. The summed E-state index contributed by atoms with van der Waals surface area (Å²) < 4.78 is 5.65. The first-order valence-electron chi connectivity index (χ1n) is 8.88. The average molecular weight is 278 g/mol. The van der Waals surface area contributed by atoms with Crippen molar-refractivity contribution < 1.29 is 4.74 Å². The molecule has 0 aromatic rings. The van der Waals surface area contributed by atoms with E-state index in [2.05, 4.69) is 10.2 Å². The Bertz CT molecular complexity index is 328. The van der Waals surface area contributed by atoms with Crippen molar-refractivity contribution in [1.82, 2.24) is 10.2 Å². The van der Waals surface area contributed by atoms with Crippen LogP contribution in [0.3, 0.4) is 0 Å². The van der Waals surface area contributed by atoms with Gasteiger partial charge in [-0.05, 0) is 62.7 Å². The maximum Gasteiger partial charge on any atom is 0.0472 e. The van der Waals surface area contributed by atoms with E-state index in [0.29, 0.717) is 5.41 Å². The second kappa shape index (κ2) is 5.58. The van der Waals surface area contributed by atoms with E-state index >= 15 is 0 Å². The molecule has 4 rings (SSSR count). The van der Waals surface area contributed by atoms with Crippen LogP contribution in [0.1, 0.15) is 51.4 Å². The predicted octanol–water partition coefficient (Wildman–Crippen LogP) is 2.41. The van der Waals surface area contributed by atoms with Crippen molar-refractivity contribution in [2.45, 2.75) is 63.5 Å². The van der Waals surface area contributed by atoms with Crippen molar-refractivity contribution in [3.63, 3.8) is 0 Å². The molecule has 1 heterocycles. The van der Waals surface area contributed by atoms with E-state index in [1.54, 1.807) is 0 Å². The molecule has 3 heteroatoms. The van der Waals surface area contributed by atoms with Gasteiger partial charge in [0.05, 0.1) is 0 Å². The van der Waals surface area contributed by atoms with Crippen molar-refractivity contribution >= 4 is 0 Å². The average Bonchev–Trinajstić information content (AvgIpc) is 3.29. The molecule has 3 saturated carbocycles. The minimum atomic E-state index is 0.498. The van der Waals surface area contributed by atoms with Gasteiger partial charge in [0.15, 0.2) is 0 Å². The monoisotopic (exact) mass is 278 g/mol. The fourth-order valence-corrected chi connectivity index (χ4v) is 3.69. The molecule has 0 amide bonds. The number of hydrogen-bond donors (Lipinski definition) is 1. The van der Waals surface area contributed by atoms with Gasteiger partial charge in [-0.1, -0.05) is 0 Å². The van der Waals surface area contributed by atoms with Crippen LogP contribution in [0.4, 0.5) is 0 Å². The molecule has 20 heavy (non-hydrogen) atoms. The molecule has 4 aliphatic rings. The molecule has 0 aromatic heterocycles. The Labute approximate surface area is 123 Å². The fraction of sp³-hybridized carbons (Fsp3) is 1.00. The Balaban J connectivity index is 1.38. The summed E-state index contributed by atoms with van der Waals surface area (Å²) in [6.45, 7) is 5.91. The van der Waals surface area contributed by atoms with Crippen LogP contribution in [-0.4, -0.2) is 49.8 Å². The fourth-order valence-electron chi connectivity index (χ4n) is 3.69. The second-order valence-corrected chi connectivity index (χ2v) is 7.87. The molecule has 0 aromatic carbocycles. The quantitative estimate of drug-likeness (QED) is 0.738. The van der Waals surface area contributed by atoms with Gasteiger partial charge in [0, 0.05) is 44.9 Å². The lowest BCUT2D eigenvalue weighted by Crippen LogP contribution is -2.48. The van der Waals surface area contributed by atoms with Crippen molar-refractivity contribution in [2.75, 3.05) is 32.8 Å². The van der Waals surface area contributed by atoms with E-state index in [0.717, 1.165) is 31.2 Å². The first-order chi connectivity index (χ1) is 9.83. The Morgan fingerprint density at radius 2 is 1.75 bits per heavy atom. The number of rotatable bonds is 8. The number of hydrogen-bond acceptors (Lipinski definition) is 3. The highest BCUT2D eigenvalue weighted by Gasteiger charge is 2.41. The maximum absolute atomic E-state index is 5.65. The lowest BCUT2D eigenvalue weighted by molar-refractivity contribution is -0.00678. The van der Waals surface area contributed by atoms with Crippen molar-refractivity contribution in [2.24, 2.45) is 11.3 Å². The molecule has 0 atom stereocenters. The van der Waals surface area contributed by atoms with Gasteiger partial charge in [0.25, 0.3) is 0 Å². The normalized spacial score (nSPS) is 29.9. The van der Waals surface area contributed by atoms with E-state index in [9.17, 15) is 0 Å². The third-order valence-corrected chi connectivity index (χ3v) is 5.69. The lowest BCUT2D eigenvalue weighted by atomic mass is 9.79. The molecule has 1 saturated heterocycles. The van der Waals surface area contributed by atoms with Crippen LogP contribution in [0.5, 0.6) is 0 Å². The molecule has 0 bridgehead atoms. The number of nitrogens with one attached hydrogen (secondary N) is 1. The van der Waals surface area contributed by atoms with E-state index < -0.39 is 0 Å². The lowest BCUT2D eigenvalue weighted by Gasteiger charge is -2.41. The Morgan fingerprint density at radius 1 is 1.00 bits per heavy atom. The second-order valence-electron chi connectivity index (χ2n) is 7.87. The summed E-state index contributed by atoms with van der Waals surface area (Å²) in [6.07, 6.45) is 11.2. The van der Waals surface area contributed by atoms with Gasteiger partial charge in [-0.25, -0.2) is 0 Å². The van der Waals surface area contributed by atoms with Crippen LogP contribution >= 0.6 is 0 Å². The van der Waals surface area contributed by atoms with Crippen molar-refractivity contribution in [1.29, 1.82) is 0 Å². The molecule has 3 nitrogen and oxygen atoms in total. The van der Waals surface area contributed by atoms with Crippen molar-refractivity contribution in [3.8, 4) is 0 Å². The molecule has 4 fully saturated rings. The molecule has 0 spiro atoms. The molecule has 0 unspecified atom stereocenters. The summed E-state index contributed by atoms with van der Waals surface area (Å²) in [5.74, 6) is 1.03. The molecule has 1 aliphatic heterocycles. The van der Waals surface area contributed by atoms with E-state index in [4.69, 9.17) is 4.74 Å². The highest BCUT2D eigenvalue weighted by Crippen LogP contribution is 2.39. The van der Waals surface area contributed by atoms with Crippen LogP contribution in [0.15, 0.2) is 0 Å². The van der Waals surface area contributed by atoms with Crippen LogP contribution in [0, 0.1) is 11.3 Å². The highest BCUT2D eigenvalue weighted by atomic mass is 16.5. The predicted molar refractivity (Wildman–Crippen MR) is 80.8 cm³/mol. The molecule has 0 radical (unpaired) electrons. The topological polar surface area (TPSA) is 24.5 Å². The third kappa shape index (κ3) is 3.55. The van der Waals surface area contributed by atoms with Crippen LogP contribution in [-0.2, 0) is 4.74 Å². The molecular weight excluding hydrogens is 248 g/mol. The van der Waals surface area contributed by atoms with Gasteiger partial charge in [-0.2, -0.15) is 0 Å². The van der Waals surface area contributed by atoms with Gasteiger partial charge in [0.1, 0.15) is 0 Å². The maximum atomic E-state index is 5.65. The SMILES string of the molecule is C1CC(CNC2CC2)(CN(CC2CC2)C2CC2)CCO1. The third-order valence-electron chi connectivity index (χ3n) is 5.69. The van der Waals surface area contributed by atoms with Crippen LogP contribution in [0.2, 0.25) is 0 Å². The van der Waals surface area contributed by atoms with Crippen molar-refractivity contribution in [3.05, 3.63) is 0 Å². The number of nitrogens with zero attached hydrogens (tertiary/aromatic N) is 1. The first kappa shape index (κ1) is 13.5. The van der Waals surface area contributed by atoms with Gasteiger partial charge in [0.2, 0.25) is 0 Å². The summed E-state index contributed by atoms with van der Waals surface area (Å²) in [7, 11) is 0. The van der Waals surface area contributed by atoms with Crippen LogP contribution < -0.4 is 5.32 Å². The summed E-state index contributed by atoms with van der Waals surface area (Å²) in [5, 5.41) is 3.82. The largest absolute Gasteiger partial charge is 0.381 e. The minimum Gasteiger partial charge on any atom is -0.381 e. The van der Waals surface area contributed by atoms with Gasteiger partial charge in [-0.3, -0.25) is 4.90 Å². The molecule has 1 N–H and O–H groups in total. The summed E-state index contributed by atoms with van der Waals surface area (Å²) in [6, 6.07) is 1.77. The van der Waals surface area contributed by atoms with Crippen LogP contribution in [0.25, 0.3) is 0 Å². The van der Waals surface area contributed by atoms with E-state index in [-0.39, 0.29) is 0 Å². The van der Waals surface area contributed by atoms with E-state index in [1.807, 2.05) is 0 Å². The Morgan fingerprint density at radius 3 is 2.35 bits per heavy atom. The summed E-state index contributed by atoms with van der Waals surface area (Å²) in [4.78, 5) is 2.86. The Kier molecular flexibility index (Phi) is 3.78. The zero-order valence-electron chi connectivity index (χ0n) is 12.8. The summed E-state index contributed by atoms with van der Waals surface area (Å²) in [5.41, 5.74) is 0.498. The minimum absolute atomic E-state index is 0.498. The van der Waals surface area contributed by atoms with E-state index in [1.165, 1.54) is 71.0 Å². The zero-order valence-corrected chi connectivity index (χ0v) is 12.8. The molecule has 114 valence electrons. The first-order valence-corrected chi connectivity index (χ1v) is 8.88.